The number of aromatic nitrogens is 2. The molecule has 2 heterocycles. The highest BCUT2D eigenvalue weighted by atomic mass is 32.2. The fraction of sp³-hybridized carbons (Fsp3) is 0.129. The van der Waals surface area contributed by atoms with Crippen LogP contribution in [0.5, 0.6) is 0 Å². The number of nitrogens with zero attached hydrogens (tertiary/aromatic N) is 3. The van der Waals surface area contributed by atoms with Crippen LogP contribution in [0.15, 0.2) is 101 Å². The molecule has 0 aliphatic carbocycles. The van der Waals surface area contributed by atoms with Gasteiger partial charge >= 0.3 is 0 Å². The molecule has 0 spiro atoms. The Hall–Kier alpha value is -4.96. The average molecular weight is 567 g/mol. The summed E-state index contributed by atoms with van der Waals surface area (Å²) >= 11 is 0. The van der Waals surface area contributed by atoms with Crippen LogP contribution in [0, 0.1) is 6.92 Å². The molecule has 4 aromatic carbocycles. The Kier molecular flexibility index (Phi) is 6.34. The van der Waals surface area contributed by atoms with Gasteiger partial charge in [-0.3, -0.25) is 28.7 Å². The average Bonchev–Trinajstić information content (AvgIpc) is 3.19. The lowest BCUT2D eigenvalue weighted by molar-refractivity contribution is 0.0612. The van der Waals surface area contributed by atoms with Gasteiger partial charge in [0.15, 0.2) is 0 Å². The molecule has 2 amide bonds. The molecule has 1 N–H and O–H groups in total. The van der Waals surface area contributed by atoms with E-state index in [9.17, 15) is 22.8 Å². The van der Waals surface area contributed by atoms with Gasteiger partial charge in [0, 0.05) is 30.1 Å². The normalized spacial score (nSPS) is 13.2. The van der Waals surface area contributed by atoms with E-state index in [0.29, 0.717) is 34.3 Å². The van der Waals surface area contributed by atoms with E-state index in [0.717, 1.165) is 10.9 Å². The number of nitrogens with one attached hydrogen (secondary N) is 1. The van der Waals surface area contributed by atoms with Crippen molar-refractivity contribution >= 4 is 38.3 Å². The van der Waals surface area contributed by atoms with Gasteiger partial charge < -0.3 is 0 Å². The van der Waals surface area contributed by atoms with Gasteiger partial charge in [0.25, 0.3) is 27.4 Å². The quantitative estimate of drug-likeness (QED) is 0.296. The van der Waals surface area contributed by atoms with Crippen LogP contribution in [-0.4, -0.2) is 41.0 Å². The summed E-state index contributed by atoms with van der Waals surface area (Å²) in [5.41, 5.74) is 2.31. The number of amides is 2. The Bertz CT molecular complexity index is 1960. The van der Waals surface area contributed by atoms with Crippen LogP contribution in [0.3, 0.4) is 0 Å². The molecule has 41 heavy (non-hydrogen) atoms. The monoisotopic (exact) mass is 566 g/mol. The molecule has 10 heteroatoms. The minimum absolute atomic E-state index is 0.0131. The van der Waals surface area contributed by atoms with Gasteiger partial charge in [-0.15, -0.1) is 0 Å². The molecule has 206 valence electrons. The highest BCUT2D eigenvalue weighted by molar-refractivity contribution is 7.92. The Balaban J connectivity index is 1.20. The van der Waals surface area contributed by atoms with Crippen molar-refractivity contribution in [1.29, 1.82) is 0 Å². The zero-order valence-electron chi connectivity index (χ0n) is 22.4. The standard InChI is InChI=1S/C31H26N4O5S/c1-20-28(31(38)35(33(20)2)23-10-4-3-5-11-23)32-41(39,40)24-16-14-21(15-17-24)18-19-34-29(36)25-12-6-8-22-9-7-13-26(27(22)25)30(34)37/h3-17,32H,18-19H2,1-2H3. The van der Waals surface area contributed by atoms with Crippen LogP contribution in [-0.2, 0) is 23.5 Å². The number of para-hydroxylation sites is 1. The molecule has 6 rings (SSSR count). The second-order valence-corrected chi connectivity index (χ2v) is 11.6. The van der Waals surface area contributed by atoms with E-state index < -0.39 is 15.6 Å². The lowest BCUT2D eigenvalue weighted by Crippen LogP contribution is -2.41. The van der Waals surface area contributed by atoms with Crippen molar-refractivity contribution in [2.45, 2.75) is 18.2 Å². The highest BCUT2D eigenvalue weighted by Crippen LogP contribution is 2.30. The Labute approximate surface area is 236 Å². The molecule has 1 aliphatic rings. The number of carbonyl (C=O) groups is 2. The van der Waals surface area contributed by atoms with Crippen molar-refractivity contribution in [3.05, 3.63) is 124 Å². The van der Waals surface area contributed by atoms with E-state index in [1.54, 1.807) is 79.3 Å². The number of carbonyl (C=O) groups excluding carboxylic acids is 2. The minimum Gasteiger partial charge on any atom is -0.283 e. The maximum atomic E-state index is 13.2. The second-order valence-electron chi connectivity index (χ2n) is 9.91. The van der Waals surface area contributed by atoms with Crippen LogP contribution < -0.4 is 10.3 Å². The smallest absolute Gasteiger partial charge is 0.283 e. The number of imide groups is 1. The van der Waals surface area contributed by atoms with Crippen LogP contribution in [0.1, 0.15) is 32.0 Å². The third-order valence-electron chi connectivity index (χ3n) is 7.50. The molecule has 0 saturated heterocycles. The second kappa shape index (κ2) is 9.90. The first-order valence-electron chi connectivity index (χ1n) is 13.0. The molecular formula is C31H26N4O5S. The van der Waals surface area contributed by atoms with Gasteiger partial charge in [-0.25, -0.2) is 13.1 Å². The number of benzene rings is 4. The van der Waals surface area contributed by atoms with Crippen LogP contribution in [0.4, 0.5) is 5.69 Å². The summed E-state index contributed by atoms with van der Waals surface area (Å²) in [6.45, 7) is 1.82. The van der Waals surface area contributed by atoms with Crippen molar-refractivity contribution in [2.24, 2.45) is 7.05 Å². The van der Waals surface area contributed by atoms with E-state index in [1.165, 1.54) is 21.7 Å². The number of rotatable bonds is 7. The van der Waals surface area contributed by atoms with Gasteiger partial charge in [-0.2, -0.15) is 0 Å². The zero-order valence-corrected chi connectivity index (χ0v) is 23.2. The maximum Gasteiger partial charge on any atom is 0.296 e. The maximum absolute atomic E-state index is 13.2. The summed E-state index contributed by atoms with van der Waals surface area (Å²) in [4.78, 5) is 40.7. The molecule has 0 unspecified atom stereocenters. The van der Waals surface area contributed by atoms with Crippen molar-refractivity contribution in [3.63, 3.8) is 0 Å². The molecule has 0 radical (unpaired) electrons. The van der Waals surface area contributed by atoms with Gasteiger partial charge in [-0.1, -0.05) is 54.6 Å². The van der Waals surface area contributed by atoms with E-state index in [1.807, 2.05) is 18.2 Å². The van der Waals surface area contributed by atoms with E-state index in [-0.39, 0.29) is 28.9 Å². The van der Waals surface area contributed by atoms with Gasteiger partial charge in [0.05, 0.1) is 16.3 Å². The molecule has 1 aromatic heterocycles. The largest absolute Gasteiger partial charge is 0.296 e. The summed E-state index contributed by atoms with van der Waals surface area (Å²) in [5, 5.41) is 1.52. The molecule has 0 bridgehead atoms. The molecule has 0 atom stereocenters. The predicted molar refractivity (Wildman–Crippen MR) is 156 cm³/mol. The van der Waals surface area contributed by atoms with Gasteiger partial charge in [0.1, 0.15) is 5.69 Å². The first-order chi connectivity index (χ1) is 19.7. The first kappa shape index (κ1) is 26.3. The molecule has 1 aliphatic heterocycles. The Morgan fingerprint density at radius 3 is 1.98 bits per heavy atom. The van der Waals surface area contributed by atoms with E-state index in [4.69, 9.17) is 0 Å². The minimum atomic E-state index is -4.06. The summed E-state index contributed by atoms with van der Waals surface area (Å²) in [6, 6.07) is 25.9. The van der Waals surface area contributed by atoms with Crippen molar-refractivity contribution in [2.75, 3.05) is 11.3 Å². The lowest BCUT2D eigenvalue weighted by Gasteiger charge is -2.27. The Morgan fingerprint density at radius 1 is 0.756 bits per heavy atom. The summed E-state index contributed by atoms with van der Waals surface area (Å²) in [6.07, 6.45) is 0.350. The van der Waals surface area contributed by atoms with Crippen LogP contribution in [0.2, 0.25) is 0 Å². The lowest BCUT2D eigenvalue weighted by atomic mass is 9.94. The molecule has 9 nitrogen and oxygen atoms in total. The number of anilines is 1. The SMILES string of the molecule is Cc1c(NS(=O)(=O)c2ccc(CCN3C(=O)c4cccc5cccc(c45)C3=O)cc2)c(=O)n(-c2ccccc2)n1C. The van der Waals surface area contributed by atoms with Crippen molar-refractivity contribution in [3.8, 4) is 5.69 Å². The van der Waals surface area contributed by atoms with Crippen LogP contribution >= 0.6 is 0 Å². The number of hydrogen-bond donors (Lipinski definition) is 1. The van der Waals surface area contributed by atoms with Crippen LogP contribution in [0.25, 0.3) is 16.5 Å². The third kappa shape index (κ3) is 4.42. The molecule has 0 saturated carbocycles. The zero-order chi connectivity index (χ0) is 28.9. The third-order valence-corrected chi connectivity index (χ3v) is 8.87. The number of hydrogen-bond acceptors (Lipinski definition) is 5. The van der Waals surface area contributed by atoms with Crippen molar-refractivity contribution < 1.29 is 18.0 Å². The Morgan fingerprint density at radius 2 is 1.37 bits per heavy atom. The summed E-state index contributed by atoms with van der Waals surface area (Å²) < 4.78 is 31.9. The fourth-order valence-corrected chi connectivity index (χ4v) is 6.35. The van der Waals surface area contributed by atoms with E-state index in [2.05, 4.69) is 4.72 Å². The highest BCUT2D eigenvalue weighted by Gasteiger charge is 2.32. The number of sulfonamides is 1. The van der Waals surface area contributed by atoms with Gasteiger partial charge in [-0.05, 0) is 60.7 Å². The fourth-order valence-electron chi connectivity index (χ4n) is 5.24. The van der Waals surface area contributed by atoms with Crippen molar-refractivity contribution in [1.82, 2.24) is 14.3 Å². The topological polar surface area (TPSA) is 110 Å². The predicted octanol–water partition coefficient (Wildman–Crippen LogP) is 4.28. The molecular weight excluding hydrogens is 540 g/mol. The molecule has 5 aromatic rings. The summed E-state index contributed by atoms with van der Waals surface area (Å²) in [7, 11) is -2.38. The first-order valence-corrected chi connectivity index (χ1v) is 14.5. The summed E-state index contributed by atoms with van der Waals surface area (Å²) in [5.74, 6) is -0.691. The van der Waals surface area contributed by atoms with Gasteiger partial charge in [0.2, 0.25) is 0 Å². The van der Waals surface area contributed by atoms with E-state index >= 15 is 0 Å². The molecule has 0 fully saturated rings.